The molecule has 3 N–H and O–H groups in total. The number of pyridine rings is 1. The number of hydrogen-bond acceptors (Lipinski definition) is 3. The highest BCUT2D eigenvalue weighted by atomic mass is 79.9. The lowest BCUT2D eigenvalue weighted by Crippen LogP contribution is -2.04. The molecule has 0 aliphatic rings. The van der Waals surface area contributed by atoms with Gasteiger partial charge >= 0.3 is 0 Å². The van der Waals surface area contributed by atoms with Crippen LogP contribution in [0.25, 0.3) is 11.0 Å². The van der Waals surface area contributed by atoms with E-state index >= 15 is 0 Å². The molecule has 3 aromatic rings. The van der Waals surface area contributed by atoms with Crippen molar-refractivity contribution in [1.82, 2.24) is 9.97 Å². The predicted molar refractivity (Wildman–Crippen MR) is 82.8 cm³/mol. The molecule has 2 aromatic heterocycles. The van der Waals surface area contributed by atoms with Gasteiger partial charge in [0.25, 0.3) is 0 Å². The number of aromatic nitrogens is 2. The molecular formula is C15H11BrFN3O. The van der Waals surface area contributed by atoms with Gasteiger partial charge in [-0.05, 0) is 41.1 Å². The second kappa shape index (κ2) is 4.96. The van der Waals surface area contributed by atoms with Crippen molar-refractivity contribution in [3.63, 3.8) is 0 Å². The third-order valence-electron chi connectivity index (χ3n) is 3.39. The van der Waals surface area contributed by atoms with Crippen LogP contribution in [0.15, 0.2) is 35.1 Å². The molecule has 0 bridgehead atoms. The molecule has 0 spiro atoms. The van der Waals surface area contributed by atoms with Crippen molar-refractivity contribution in [2.24, 2.45) is 0 Å². The van der Waals surface area contributed by atoms with E-state index in [4.69, 9.17) is 5.73 Å². The van der Waals surface area contributed by atoms with Crippen molar-refractivity contribution in [3.8, 4) is 0 Å². The van der Waals surface area contributed by atoms with Gasteiger partial charge in [-0.1, -0.05) is 0 Å². The number of benzene rings is 1. The number of ketones is 1. The summed E-state index contributed by atoms with van der Waals surface area (Å²) in [5, 5.41) is 0.675. The van der Waals surface area contributed by atoms with E-state index in [0.29, 0.717) is 22.2 Å². The van der Waals surface area contributed by atoms with Crippen LogP contribution in [-0.4, -0.2) is 15.8 Å². The van der Waals surface area contributed by atoms with Gasteiger partial charge in [0, 0.05) is 44.6 Å². The van der Waals surface area contributed by atoms with Crippen LogP contribution in [-0.2, 0) is 0 Å². The number of fused-ring (bicyclic) bond motifs is 1. The van der Waals surface area contributed by atoms with E-state index in [0.717, 1.165) is 4.47 Å². The average molecular weight is 348 g/mol. The normalized spacial score (nSPS) is 11.0. The van der Waals surface area contributed by atoms with Gasteiger partial charge < -0.3 is 10.7 Å². The smallest absolute Gasteiger partial charge is 0.195 e. The second-order valence-electron chi connectivity index (χ2n) is 4.75. The van der Waals surface area contributed by atoms with Gasteiger partial charge in [-0.15, -0.1) is 0 Å². The number of aromatic amines is 1. The first-order valence-corrected chi connectivity index (χ1v) is 6.99. The van der Waals surface area contributed by atoms with E-state index in [9.17, 15) is 9.18 Å². The summed E-state index contributed by atoms with van der Waals surface area (Å²) in [6.45, 7) is 1.58. The summed E-state index contributed by atoms with van der Waals surface area (Å²) < 4.78 is 14.5. The van der Waals surface area contributed by atoms with Crippen LogP contribution in [0.2, 0.25) is 0 Å². The Kier molecular flexibility index (Phi) is 3.25. The Morgan fingerprint density at radius 2 is 2.14 bits per heavy atom. The Hall–Kier alpha value is -2.21. The zero-order valence-corrected chi connectivity index (χ0v) is 12.7. The van der Waals surface area contributed by atoms with Crippen molar-refractivity contribution in [2.45, 2.75) is 6.92 Å². The molecule has 6 heteroatoms. The molecule has 0 aliphatic carbocycles. The lowest BCUT2D eigenvalue weighted by molar-refractivity contribution is 0.104. The third kappa shape index (κ3) is 2.31. The molecular weight excluding hydrogens is 337 g/mol. The first-order valence-electron chi connectivity index (χ1n) is 6.20. The van der Waals surface area contributed by atoms with Crippen molar-refractivity contribution < 1.29 is 9.18 Å². The largest absolute Gasteiger partial charge is 0.398 e. The molecule has 0 unspecified atom stereocenters. The molecule has 0 saturated heterocycles. The Bertz CT molecular complexity index is 849. The Morgan fingerprint density at radius 3 is 2.86 bits per heavy atom. The summed E-state index contributed by atoms with van der Waals surface area (Å²) in [6.07, 6.45) is 3.21. The lowest BCUT2D eigenvalue weighted by atomic mass is 10.0. The highest BCUT2D eigenvalue weighted by molar-refractivity contribution is 9.10. The third-order valence-corrected chi connectivity index (χ3v) is 3.82. The monoisotopic (exact) mass is 347 g/mol. The topological polar surface area (TPSA) is 71.8 Å². The minimum absolute atomic E-state index is 0.219. The van der Waals surface area contributed by atoms with Crippen molar-refractivity contribution in [3.05, 3.63) is 57.6 Å². The fraction of sp³-hybridized carbons (Fsp3) is 0.0667. The van der Waals surface area contributed by atoms with E-state index in [2.05, 4.69) is 25.9 Å². The summed E-state index contributed by atoms with van der Waals surface area (Å²) in [6, 6.07) is 4.49. The van der Waals surface area contributed by atoms with Gasteiger partial charge in [0.1, 0.15) is 11.5 Å². The van der Waals surface area contributed by atoms with Crippen LogP contribution in [0, 0.1) is 12.7 Å². The van der Waals surface area contributed by atoms with Crippen LogP contribution in [0.4, 0.5) is 10.1 Å². The number of anilines is 1. The number of carbonyl (C=O) groups excluding carboxylic acids is 1. The first-order chi connectivity index (χ1) is 9.97. The number of H-pyrrole nitrogens is 1. The minimum Gasteiger partial charge on any atom is -0.398 e. The number of hydrogen-bond donors (Lipinski definition) is 2. The molecule has 106 valence electrons. The van der Waals surface area contributed by atoms with E-state index in [1.54, 1.807) is 25.4 Å². The van der Waals surface area contributed by atoms with E-state index in [-0.39, 0.29) is 17.0 Å². The zero-order valence-electron chi connectivity index (χ0n) is 11.1. The van der Waals surface area contributed by atoms with Gasteiger partial charge in [0.05, 0.1) is 0 Å². The summed E-state index contributed by atoms with van der Waals surface area (Å²) in [7, 11) is 0. The van der Waals surface area contributed by atoms with Gasteiger partial charge in [0.2, 0.25) is 0 Å². The summed E-state index contributed by atoms with van der Waals surface area (Å²) >= 11 is 3.32. The minimum atomic E-state index is -0.488. The van der Waals surface area contributed by atoms with Crippen molar-refractivity contribution in [1.29, 1.82) is 0 Å². The molecule has 0 amide bonds. The first kappa shape index (κ1) is 13.8. The fourth-order valence-electron chi connectivity index (χ4n) is 2.15. The van der Waals surface area contributed by atoms with E-state index < -0.39 is 5.82 Å². The molecule has 0 atom stereocenters. The quantitative estimate of drug-likeness (QED) is 0.549. The van der Waals surface area contributed by atoms with Crippen LogP contribution in [0.1, 0.15) is 21.5 Å². The molecule has 0 fully saturated rings. The Morgan fingerprint density at radius 1 is 1.38 bits per heavy atom. The molecule has 0 saturated carbocycles. The second-order valence-corrected chi connectivity index (χ2v) is 5.67. The molecule has 0 aliphatic heterocycles. The molecule has 4 nitrogen and oxygen atoms in total. The maximum Gasteiger partial charge on any atom is 0.195 e. The Labute approximate surface area is 128 Å². The van der Waals surface area contributed by atoms with Gasteiger partial charge in [-0.2, -0.15) is 0 Å². The predicted octanol–water partition coefficient (Wildman–Crippen LogP) is 3.59. The lowest BCUT2D eigenvalue weighted by Gasteiger charge is -2.05. The summed E-state index contributed by atoms with van der Waals surface area (Å²) in [4.78, 5) is 19.7. The van der Waals surface area contributed by atoms with Gasteiger partial charge in [-0.25, -0.2) is 9.37 Å². The number of nitrogen functional groups attached to an aromatic ring is 1. The number of nitrogens with two attached hydrogens (primary N) is 1. The fourth-order valence-corrected chi connectivity index (χ4v) is 2.48. The standard InChI is InChI=1S/C15H11BrFN3O/c1-7-12(17)2-8(3-13(7)18)14(21)11-6-20-15-10(11)4-9(16)5-19-15/h2-6H,18H2,1H3,(H,19,20). The number of nitrogens with zero attached hydrogens (tertiary/aromatic N) is 1. The molecule has 2 heterocycles. The number of carbonyl (C=O) groups is 1. The van der Waals surface area contributed by atoms with Gasteiger partial charge in [0.15, 0.2) is 5.78 Å². The van der Waals surface area contributed by atoms with Crippen LogP contribution in [0.5, 0.6) is 0 Å². The molecule has 21 heavy (non-hydrogen) atoms. The molecule has 0 radical (unpaired) electrons. The molecule has 3 rings (SSSR count). The van der Waals surface area contributed by atoms with Crippen LogP contribution >= 0.6 is 15.9 Å². The number of nitrogens with one attached hydrogen (secondary N) is 1. The maximum atomic E-state index is 13.8. The maximum absolute atomic E-state index is 13.8. The van der Waals surface area contributed by atoms with Crippen LogP contribution in [0.3, 0.4) is 0 Å². The Balaban J connectivity index is 2.15. The van der Waals surface area contributed by atoms with Crippen LogP contribution < -0.4 is 5.73 Å². The van der Waals surface area contributed by atoms with E-state index in [1.165, 1.54) is 12.1 Å². The highest BCUT2D eigenvalue weighted by Gasteiger charge is 2.17. The molecule has 1 aromatic carbocycles. The summed E-state index contributed by atoms with van der Waals surface area (Å²) in [5.74, 6) is -0.788. The van der Waals surface area contributed by atoms with Crippen molar-refractivity contribution in [2.75, 3.05) is 5.73 Å². The van der Waals surface area contributed by atoms with Gasteiger partial charge in [-0.3, -0.25) is 4.79 Å². The number of halogens is 2. The summed E-state index contributed by atoms with van der Waals surface area (Å²) in [5.41, 5.74) is 7.58. The SMILES string of the molecule is Cc1c(N)cc(C(=O)c2c[nH]c3ncc(Br)cc23)cc1F. The zero-order chi connectivity index (χ0) is 15.1. The highest BCUT2D eigenvalue weighted by Crippen LogP contribution is 2.25. The average Bonchev–Trinajstić information content (AvgIpc) is 2.86. The number of rotatable bonds is 2. The van der Waals surface area contributed by atoms with E-state index in [1.807, 2.05) is 0 Å². The van der Waals surface area contributed by atoms with Crippen molar-refractivity contribution >= 4 is 38.4 Å².